The number of benzene rings is 1. The molecule has 0 saturated heterocycles. The SMILES string of the molecule is CCCCNC(=O)CSc1nc2cc(Cl)ccc2c(=O)n1C1CCCCC1. The first-order valence-corrected chi connectivity index (χ1v) is 11.1. The lowest BCUT2D eigenvalue weighted by Gasteiger charge is -2.26. The molecule has 1 aliphatic rings. The second kappa shape index (κ2) is 9.60. The van der Waals surface area contributed by atoms with Crippen LogP contribution < -0.4 is 10.9 Å². The Bertz CT molecular complexity index is 862. The molecule has 1 saturated carbocycles. The smallest absolute Gasteiger partial charge is 0.262 e. The van der Waals surface area contributed by atoms with Crippen LogP contribution >= 0.6 is 23.4 Å². The Morgan fingerprint density at radius 2 is 2.11 bits per heavy atom. The quantitative estimate of drug-likeness (QED) is 0.415. The zero-order valence-corrected chi connectivity index (χ0v) is 17.2. The van der Waals surface area contributed by atoms with Crippen molar-refractivity contribution in [1.29, 1.82) is 0 Å². The molecule has 3 rings (SSSR count). The molecule has 1 aromatic heterocycles. The molecule has 1 fully saturated rings. The van der Waals surface area contributed by atoms with Crippen LogP contribution in [0.1, 0.15) is 57.9 Å². The van der Waals surface area contributed by atoms with Gasteiger partial charge in [0.2, 0.25) is 5.91 Å². The molecule has 7 heteroatoms. The van der Waals surface area contributed by atoms with Crippen LogP contribution in [-0.2, 0) is 4.79 Å². The fourth-order valence-electron chi connectivity index (χ4n) is 3.50. The van der Waals surface area contributed by atoms with Crippen molar-refractivity contribution in [2.45, 2.75) is 63.1 Å². The summed E-state index contributed by atoms with van der Waals surface area (Å²) < 4.78 is 1.82. The normalized spacial score (nSPS) is 15.2. The molecule has 1 aromatic carbocycles. The number of aromatic nitrogens is 2. The van der Waals surface area contributed by atoms with E-state index in [9.17, 15) is 9.59 Å². The summed E-state index contributed by atoms with van der Waals surface area (Å²) in [6, 6.07) is 5.35. The third-order valence-corrected chi connectivity index (χ3v) is 6.14. The van der Waals surface area contributed by atoms with Gasteiger partial charge in [0.1, 0.15) is 0 Å². The summed E-state index contributed by atoms with van der Waals surface area (Å²) in [6.07, 6.45) is 7.43. The Hall–Kier alpha value is -1.53. The topological polar surface area (TPSA) is 64.0 Å². The molecule has 0 radical (unpaired) electrons. The maximum atomic E-state index is 13.2. The van der Waals surface area contributed by atoms with E-state index in [2.05, 4.69) is 12.2 Å². The highest BCUT2D eigenvalue weighted by Crippen LogP contribution is 2.31. The third-order valence-electron chi connectivity index (χ3n) is 4.96. The van der Waals surface area contributed by atoms with E-state index in [1.807, 2.05) is 4.57 Å². The zero-order chi connectivity index (χ0) is 19.2. The van der Waals surface area contributed by atoms with Crippen LogP contribution in [0, 0.1) is 0 Å². The molecule has 1 N–H and O–H groups in total. The highest BCUT2D eigenvalue weighted by atomic mass is 35.5. The van der Waals surface area contributed by atoms with Crippen molar-refractivity contribution in [2.24, 2.45) is 0 Å². The number of rotatable bonds is 7. The summed E-state index contributed by atoms with van der Waals surface area (Å²) in [7, 11) is 0. The molecule has 0 unspecified atom stereocenters. The minimum atomic E-state index is -0.0301. The summed E-state index contributed by atoms with van der Waals surface area (Å²) in [5.74, 6) is 0.235. The Kier molecular flexibility index (Phi) is 7.19. The van der Waals surface area contributed by atoms with Gasteiger partial charge in [0.05, 0.1) is 16.7 Å². The van der Waals surface area contributed by atoms with Crippen LogP contribution in [0.3, 0.4) is 0 Å². The molecule has 27 heavy (non-hydrogen) atoms. The molecular weight excluding hydrogens is 382 g/mol. The van der Waals surface area contributed by atoms with Gasteiger partial charge in [0.15, 0.2) is 5.16 Å². The molecule has 1 amide bonds. The van der Waals surface area contributed by atoms with Crippen molar-refractivity contribution in [3.05, 3.63) is 33.6 Å². The highest BCUT2D eigenvalue weighted by Gasteiger charge is 2.22. The summed E-state index contributed by atoms with van der Waals surface area (Å²) >= 11 is 7.43. The Morgan fingerprint density at radius 3 is 2.85 bits per heavy atom. The zero-order valence-electron chi connectivity index (χ0n) is 15.7. The fraction of sp³-hybridized carbons (Fsp3) is 0.550. The predicted octanol–water partition coefficient (Wildman–Crippen LogP) is 4.56. The molecule has 1 heterocycles. The number of fused-ring (bicyclic) bond motifs is 1. The number of amides is 1. The number of nitrogens with one attached hydrogen (secondary N) is 1. The van der Waals surface area contributed by atoms with Gasteiger partial charge in [-0.25, -0.2) is 4.98 Å². The molecule has 0 aliphatic heterocycles. The van der Waals surface area contributed by atoms with Gasteiger partial charge < -0.3 is 5.32 Å². The molecule has 5 nitrogen and oxygen atoms in total. The molecule has 2 aromatic rings. The van der Waals surface area contributed by atoms with Gasteiger partial charge in [-0.3, -0.25) is 14.2 Å². The minimum Gasteiger partial charge on any atom is -0.355 e. The lowest BCUT2D eigenvalue weighted by molar-refractivity contribution is -0.118. The molecular formula is C20H26ClN3O2S. The van der Waals surface area contributed by atoms with Gasteiger partial charge in [-0.1, -0.05) is 56.0 Å². The molecule has 0 spiro atoms. The van der Waals surface area contributed by atoms with E-state index < -0.39 is 0 Å². The highest BCUT2D eigenvalue weighted by molar-refractivity contribution is 7.99. The summed E-state index contributed by atoms with van der Waals surface area (Å²) in [4.78, 5) is 30.0. The van der Waals surface area contributed by atoms with E-state index in [4.69, 9.17) is 16.6 Å². The minimum absolute atomic E-state index is 0.0240. The van der Waals surface area contributed by atoms with E-state index in [1.165, 1.54) is 18.2 Å². The first-order valence-electron chi connectivity index (χ1n) is 9.71. The van der Waals surface area contributed by atoms with Gasteiger partial charge >= 0.3 is 0 Å². The van der Waals surface area contributed by atoms with E-state index in [-0.39, 0.29) is 23.3 Å². The van der Waals surface area contributed by atoms with Crippen molar-refractivity contribution in [2.75, 3.05) is 12.3 Å². The van der Waals surface area contributed by atoms with E-state index in [1.54, 1.807) is 18.2 Å². The van der Waals surface area contributed by atoms with E-state index in [0.29, 0.717) is 27.6 Å². The van der Waals surface area contributed by atoms with Crippen molar-refractivity contribution in [3.63, 3.8) is 0 Å². The third kappa shape index (κ3) is 5.05. The van der Waals surface area contributed by atoms with Crippen LogP contribution in [0.25, 0.3) is 10.9 Å². The van der Waals surface area contributed by atoms with Crippen LogP contribution in [0.2, 0.25) is 5.02 Å². The number of hydrogen-bond donors (Lipinski definition) is 1. The van der Waals surface area contributed by atoms with Gasteiger partial charge in [-0.2, -0.15) is 0 Å². The summed E-state index contributed by atoms with van der Waals surface area (Å²) in [5, 5.41) is 4.67. The standard InChI is InChI=1S/C20H26ClN3O2S/c1-2-3-11-22-18(25)13-27-20-23-17-12-14(21)9-10-16(17)19(26)24(20)15-7-5-4-6-8-15/h9-10,12,15H,2-8,11,13H2,1H3,(H,22,25). The van der Waals surface area contributed by atoms with Crippen LogP contribution in [0.15, 0.2) is 28.2 Å². The van der Waals surface area contributed by atoms with Gasteiger partial charge in [-0.05, 0) is 37.5 Å². The lowest BCUT2D eigenvalue weighted by Crippen LogP contribution is -2.30. The summed E-state index contributed by atoms with van der Waals surface area (Å²) in [5.41, 5.74) is 0.561. The Morgan fingerprint density at radius 1 is 1.33 bits per heavy atom. The first-order chi connectivity index (χ1) is 13.1. The Labute approximate surface area is 168 Å². The number of thioether (sulfide) groups is 1. The summed E-state index contributed by atoms with van der Waals surface area (Å²) in [6.45, 7) is 2.78. The number of carbonyl (C=O) groups is 1. The van der Waals surface area contributed by atoms with Crippen molar-refractivity contribution in [3.8, 4) is 0 Å². The lowest BCUT2D eigenvalue weighted by atomic mass is 9.95. The number of unbranched alkanes of at least 4 members (excludes halogenated alkanes) is 1. The number of nitrogens with zero attached hydrogens (tertiary/aromatic N) is 2. The van der Waals surface area contributed by atoms with Gasteiger partial charge in [0, 0.05) is 17.6 Å². The van der Waals surface area contributed by atoms with Gasteiger partial charge in [0.25, 0.3) is 5.56 Å². The first kappa shape index (κ1) is 20.2. The number of hydrogen-bond acceptors (Lipinski definition) is 4. The fourth-order valence-corrected chi connectivity index (χ4v) is 4.56. The predicted molar refractivity (Wildman–Crippen MR) is 112 cm³/mol. The maximum Gasteiger partial charge on any atom is 0.262 e. The van der Waals surface area contributed by atoms with Crippen LogP contribution in [0.5, 0.6) is 0 Å². The molecule has 0 atom stereocenters. The van der Waals surface area contributed by atoms with Crippen molar-refractivity contribution < 1.29 is 4.79 Å². The molecule has 0 bridgehead atoms. The monoisotopic (exact) mass is 407 g/mol. The van der Waals surface area contributed by atoms with Crippen molar-refractivity contribution >= 4 is 40.2 Å². The average Bonchev–Trinajstić information content (AvgIpc) is 2.67. The largest absolute Gasteiger partial charge is 0.355 e. The molecule has 1 aliphatic carbocycles. The second-order valence-corrected chi connectivity index (χ2v) is 8.39. The number of carbonyl (C=O) groups excluding carboxylic acids is 1. The second-order valence-electron chi connectivity index (χ2n) is 7.02. The molecule has 146 valence electrons. The van der Waals surface area contributed by atoms with Crippen LogP contribution in [0.4, 0.5) is 0 Å². The maximum absolute atomic E-state index is 13.2. The average molecular weight is 408 g/mol. The number of halogens is 1. The van der Waals surface area contributed by atoms with Crippen molar-refractivity contribution in [1.82, 2.24) is 14.9 Å². The van der Waals surface area contributed by atoms with Crippen LogP contribution in [-0.4, -0.2) is 27.8 Å². The Balaban J connectivity index is 1.90. The van der Waals surface area contributed by atoms with Gasteiger partial charge in [-0.15, -0.1) is 0 Å². The van der Waals surface area contributed by atoms with E-state index >= 15 is 0 Å². The van der Waals surface area contributed by atoms with E-state index in [0.717, 1.165) is 38.5 Å².